The number of hydrogen-bond donors (Lipinski definition) is 9. The fraction of sp³-hybridized carbons (Fsp3) is 0.556. The molecule has 0 aromatic rings. The first-order valence-corrected chi connectivity index (χ1v) is 6.57. The van der Waals surface area contributed by atoms with E-state index in [-0.39, 0.29) is 15.9 Å². The van der Waals surface area contributed by atoms with Crippen LogP contribution in [0.15, 0.2) is 10.2 Å². The second kappa shape index (κ2) is 10.3. The molecule has 4 atom stereocenters. The van der Waals surface area contributed by atoms with Gasteiger partial charge >= 0.3 is 0 Å². The van der Waals surface area contributed by atoms with Gasteiger partial charge in [0.05, 0.1) is 12.8 Å². The van der Waals surface area contributed by atoms with E-state index in [0.717, 1.165) is 6.21 Å². The van der Waals surface area contributed by atoms with Crippen molar-refractivity contribution in [1.82, 2.24) is 10.9 Å². The van der Waals surface area contributed by atoms with Gasteiger partial charge < -0.3 is 37.0 Å². The molecule has 0 radical (unpaired) electrons. The molecule has 11 N–H and O–H groups in total. The number of thiocarbonyl (C=S) groups is 2. The second-order valence-corrected chi connectivity index (χ2v) is 4.80. The highest BCUT2D eigenvalue weighted by Gasteiger charge is 2.32. The van der Waals surface area contributed by atoms with E-state index in [2.05, 4.69) is 45.5 Å². The van der Waals surface area contributed by atoms with E-state index in [0.29, 0.717) is 0 Å². The van der Waals surface area contributed by atoms with Crippen molar-refractivity contribution in [3.63, 3.8) is 0 Å². The molecule has 0 bridgehead atoms. The molecule has 0 aliphatic carbocycles. The third-order valence-corrected chi connectivity index (χ3v) is 2.41. The summed E-state index contributed by atoms with van der Waals surface area (Å²) in [6.07, 6.45) is -6.26. The van der Waals surface area contributed by atoms with Gasteiger partial charge in [-0.25, -0.2) is 0 Å². The number of nitrogens with one attached hydrogen (secondary N) is 2. The summed E-state index contributed by atoms with van der Waals surface area (Å²) in [5.74, 6) is 0. The lowest BCUT2D eigenvalue weighted by atomic mass is 10.0. The quantitative estimate of drug-likeness (QED) is 0.115. The number of rotatable bonds is 8. The summed E-state index contributed by atoms with van der Waals surface area (Å²) in [5.41, 5.74) is 14.3. The molecule has 0 saturated carbocycles. The number of hydrogen-bond acceptors (Lipinski definition) is 9. The summed E-state index contributed by atoms with van der Waals surface area (Å²) in [6, 6.07) is 0. The molecule has 0 heterocycles. The Morgan fingerprint density at radius 1 is 1.05 bits per heavy atom. The normalized spacial score (nSPS) is 17.6. The van der Waals surface area contributed by atoms with Crippen molar-refractivity contribution in [2.24, 2.45) is 21.7 Å². The highest BCUT2D eigenvalue weighted by atomic mass is 32.1. The summed E-state index contributed by atoms with van der Waals surface area (Å²) >= 11 is 9.03. The molecule has 0 aromatic carbocycles. The third-order valence-electron chi connectivity index (χ3n) is 2.22. The van der Waals surface area contributed by atoms with Crippen LogP contribution in [0.5, 0.6) is 0 Å². The monoisotopic (exact) mass is 354 g/mol. The van der Waals surface area contributed by atoms with Gasteiger partial charge in [0.15, 0.2) is 10.2 Å². The fourth-order valence-corrected chi connectivity index (χ4v) is 1.25. The molecule has 0 spiro atoms. The predicted molar refractivity (Wildman–Crippen MR) is 86.9 cm³/mol. The molecule has 0 aliphatic heterocycles. The van der Waals surface area contributed by atoms with Crippen LogP contribution < -0.4 is 22.3 Å². The Morgan fingerprint density at radius 3 is 2.05 bits per heavy atom. The molecule has 0 amide bonds. The van der Waals surface area contributed by atoms with E-state index in [1.165, 1.54) is 0 Å². The van der Waals surface area contributed by atoms with Gasteiger partial charge in [-0.15, -0.1) is 0 Å². The average molecular weight is 354 g/mol. The van der Waals surface area contributed by atoms with Gasteiger partial charge in [-0.3, -0.25) is 10.9 Å². The van der Waals surface area contributed by atoms with Crippen LogP contribution in [-0.2, 0) is 0 Å². The van der Waals surface area contributed by atoms with Crippen molar-refractivity contribution < 1.29 is 25.5 Å². The summed E-state index contributed by atoms with van der Waals surface area (Å²) in [7, 11) is 0. The van der Waals surface area contributed by atoms with Gasteiger partial charge in [-0.1, -0.05) is 0 Å². The number of hydrazone groups is 2. The molecule has 11 nitrogen and oxygen atoms in total. The van der Waals surface area contributed by atoms with Gasteiger partial charge in [0.25, 0.3) is 0 Å². The van der Waals surface area contributed by atoms with Crippen LogP contribution in [0.3, 0.4) is 0 Å². The lowest BCUT2D eigenvalue weighted by molar-refractivity contribution is -0.100. The number of aliphatic hydroxyl groups is 5. The van der Waals surface area contributed by atoms with Crippen molar-refractivity contribution in [1.29, 1.82) is 0 Å². The van der Waals surface area contributed by atoms with Crippen LogP contribution in [0.4, 0.5) is 0 Å². The largest absolute Gasteiger partial charge is 0.394 e. The molecule has 126 valence electrons. The van der Waals surface area contributed by atoms with Crippen molar-refractivity contribution in [3.8, 4) is 0 Å². The van der Waals surface area contributed by atoms with Crippen LogP contribution in [0, 0.1) is 0 Å². The van der Waals surface area contributed by atoms with E-state index >= 15 is 0 Å². The van der Waals surface area contributed by atoms with Crippen LogP contribution in [0.25, 0.3) is 0 Å². The third kappa shape index (κ3) is 7.51. The molecule has 0 aromatic heterocycles. The maximum absolute atomic E-state index is 9.93. The number of nitrogens with zero attached hydrogens (tertiary/aromatic N) is 2. The lowest BCUT2D eigenvalue weighted by Crippen LogP contribution is -2.49. The molecule has 22 heavy (non-hydrogen) atoms. The zero-order chi connectivity index (χ0) is 17.3. The van der Waals surface area contributed by atoms with Gasteiger partial charge in [0.2, 0.25) is 0 Å². The maximum Gasteiger partial charge on any atom is 0.184 e. The van der Waals surface area contributed by atoms with E-state index in [4.69, 9.17) is 16.6 Å². The Hall–Kier alpha value is -1.48. The van der Waals surface area contributed by atoms with Crippen LogP contribution >= 0.6 is 24.4 Å². The van der Waals surface area contributed by atoms with Gasteiger partial charge in [-0.05, 0) is 24.4 Å². The molecular formula is C9H18N6O5S2. The summed E-state index contributed by atoms with van der Waals surface area (Å²) < 4.78 is 0. The van der Waals surface area contributed by atoms with Gasteiger partial charge in [0, 0.05) is 0 Å². The molecule has 0 saturated heterocycles. The first-order chi connectivity index (χ1) is 10.2. The van der Waals surface area contributed by atoms with Crippen LogP contribution in [0.1, 0.15) is 0 Å². The van der Waals surface area contributed by atoms with Crippen LogP contribution in [0.2, 0.25) is 0 Å². The van der Waals surface area contributed by atoms with E-state index < -0.39 is 31.0 Å². The van der Waals surface area contributed by atoms with Gasteiger partial charge in [-0.2, -0.15) is 10.2 Å². The molecule has 13 heteroatoms. The Bertz CT molecular complexity index is 448. The van der Waals surface area contributed by atoms with E-state index in [1.54, 1.807) is 0 Å². The second-order valence-electron chi connectivity index (χ2n) is 3.92. The van der Waals surface area contributed by atoms with Gasteiger partial charge in [0.1, 0.15) is 30.1 Å². The highest BCUT2D eigenvalue weighted by molar-refractivity contribution is 7.80. The first kappa shape index (κ1) is 20.5. The molecule has 4 unspecified atom stereocenters. The average Bonchev–Trinajstić information content (AvgIpc) is 2.46. The number of nitrogens with two attached hydrogens (primary N) is 2. The maximum atomic E-state index is 9.93. The summed E-state index contributed by atoms with van der Waals surface area (Å²) in [5, 5.41) is 53.9. The number of aliphatic hydroxyl groups excluding tert-OH is 5. The highest BCUT2D eigenvalue weighted by Crippen LogP contribution is 2.06. The predicted octanol–water partition coefficient (Wildman–Crippen LogP) is -4.57. The smallest absolute Gasteiger partial charge is 0.184 e. The Labute approximate surface area is 136 Å². The zero-order valence-electron chi connectivity index (χ0n) is 11.2. The SMILES string of the molecule is NC(=S)NN=C/C(=N\NC(N)=S)C(O)C(O)C(O)C(O)CO. The standard InChI is InChI=1S/C9H18N6O5S2/c10-8(21)14-12-1-3(13-15-9(11)22)5(18)7(20)6(19)4(17)2-16/h1,4-7,16-20H,2H2,(H3,10,14,21)(H3,11,15,22)/b12-1?,13-3+. The molecule has 0 fully saturated rings. The van der Waals surface area contributed by atoms with Crippen molar-refractivity contribution >= 4 is 46.6 Å². The summed E-state index contributed by atoms with van der Waals surface area (Å²) in [6.45, 7) is -0.820. The van der Waals surface area contributed by atoms with E-state index in [9.17, 15) is 20.4 Å². The van der Waals surface area contributed by atoms with Crippen molar-refractivity contribution in [2.75, 3.05) is 6.61 Å². The first-order valence-electron chi connectivity index (χ1n) is 5.75. The topological polar surface area (TPSA) is 202 Å². The molecule has 0 aliphatic rings. The van der Waals surface area contributed by atoms with E-state index in [1.807, 2.05) is 0 Å². The molecular weight excluding hydrogens is 336 g/mol. The molecule has 0 rings (SSSR count). The van der Waals surface area contributed by atoms with Crippen LogP contribution in [-0.4, -0.2) is 78.7 Å². The summed E-state index contributed by atoms with van der Waals surface area (Å²) in [4.78, 5) is 0. The fourth-order valence-electron chi connectivity index (χ4n) is 1.15. The van der Waals surface area contributed by atoms with Crippen molar-refractivity contribution in [2.45, 2.75) is 24.4 Å². The minimum absolute atomic E-state index is 0.163. The Kier molecular flexibility index (Phi) is 9.59. The Balaban J connectivity index is 5.13. The minimum atomic E-state index is -1.88. The zero-order valence-corrected chi connectivity index (χ0v) is 12.8. The Morgan fingerprint density at radius 2 is 1.59 bits per heavy atom. The van der Waals surface area contributed by atoms with Crippen molar-refractivity contribution in [3.05, 3.63) is 0 Å². The lowest BCUT2D eigenvalue weighted by Gasteiger charge is -2.25. The minimum Gasteiger partial charge on any atom is -0.394 e.